The van der Waals surface area contributed by atoms with E-state index in [9.17, 15) is 0 Å². The number of hydrogen-bond acceptors (Lipinski definition) is 5. The molecule has 0 radical (unpaired) electrons. The Hall–Kier alpha value is -3.47. The third kappa shape index (κ3) is 13.4. The molecule has 0 aliphatic heterocycles. The maximum atomic E-state index is 4.18. The molecule has 0 bridgehead atoms. The second kappa shape index (κ2) is 17.9. The van der Waals surface area contributed by atoms with Gasteiger partial charge in [-0.05, 0) is 65.1 Å². The summed E-state index contributed by atoms with van der Waals surface area (Å²) < 4.78 is 0. The van der Waals surface area contributed by atoms with Gasteiger partial charge in [-0.2, -0.15) is 0 Å². The van der Waals surface area contributed by atoms with Crippen molar-refractivity contribution in [1.29, 1.82) is 0 Å². The Labute approximate surface area is 218 Å². The Morgan fingerprint density at radius 1 is 0.417 bits per heavy atom. The predicted molar refractivity (Wildman–Crippen MR) is 151 cm³/mol. The van der Waals surface area contributed by atoms with Crippen LogP contribution < -0.4 is 0 Å². The first kappa shape index (κ1) is 30.6. The fraction of sp³-hybridized carbons (Fsp3) is 0.387. The van der Waals surface area contributed by atoms with E-state index in [1.807, 2.05) is 61.2 Å². The standard InChI is InChI=1S/3C8H11N.C7H10N2/c1-7(2)8-3-5-9-6-4-8;1-7(2)8-4-3-5-9-6-8;1-7(2)8-5-3-4-6-9-8;1-6(2)7-5-8-3-4-9-7/h3*3-7H,1-2H3;3-6H,1-2H3. The highest BCUT2D eigenvalue weighted by Gasteiger charge is 1.97. The molecule has 0 aromatic carbocycles. The fourth-order valence-electron chi connectivity index (χ4n) is 2.79. The van der Waals surface area contributed by atoms with E-state index in [0.29, 0.717) is 23.7 Å². The number of aromatic nitrogens is 5. The van der Waals surface area contributed by atoms with Crippen LogP contribution in [0.15, 0.2) is 92.0 Å². The molecule has 192 valence electrons. The van der Waals surface area contributed by atoms with Crippen LogP contribution in [0, 0.1) is 0 Å². The average molecular weight is 486 g/mol. The third-order valence-electron chi connectivity index (χ3n) is 5.18. The van der Waals surface area contributed by atoms with Crippen molar-refractivity contribution >= 4 is 0 Å². The lowest BCUT2D eigenvalue weighted by atomic mass is 10.1. The van der Waals surface area contributed by atoms with Gasteiger partial charge in [-0.25, -0.2) is 0 Å². The van der Waals surface area contributed by atoms with Crippen LogP contribution in [-0.2, 0) is 0 Å². The van der Waals surface area contributed by atoms with Crippen molar-refractivity contribution in [3.63, 3.8) is 0 Å². The van der Waals surface area contributed by atoms with Crippen LogP contribution >= 0.6 is 0 Å². The normalized spacial score (nSPS) is 10.1. The van der Waals surface area contributed by atoms with Crippen molar-refractivity contribution in [1.82, 2.24) is 24.9 Å². The minimum atomic E-state index is 0.485. The van der Waals surface area contributed by atoms with Gasteiger partial charge in [0.2, 0.25) is 0 Å². The summed E-state index contributed by atoms with van der Waals surface area (Å²) in [5.74, 6) is 2.25. The van der Waals surface area contributed by atoms with E-state index < -0.39 is 0 Å². The maximum Gasteiger partial charge on any atom is 0.0612 e. The zero-order valence-corrected chi connectivity index (χ0v) is 23.2. The summed E-state index contributed by atoms with van der Waals surface area (Å²) in [6.07, 6.45) is 14.4. The monoisotopic (exact) mass is 485 g/mol. The van der Waals surface area contributed by atoms with E-state index in [1.165, 1.54) is 11.1 Å². The van der Waals surface area contributed by atoms with Crippen molar-refractivity contribution in [2.45, 2.75) is 79.1 Å². The number of nitrogens with zero attached hydrogens (tertiary/aromatic N) is 5. The summed E-state index contributed by atoms with van der Waals surface area (Å²) in [6, 6.07) is 14.2. The zero-order chi connectivity index (χ0) is 26.8. The van der Waals surface area contributed by atoms with Gasteiger partial charge >= 0.3 is 0 Å². The molecule has 0 aliphatic rings. The molecular formula is C31H43N5. The summed E-state index contributed by atoms with van der Waals surface area (Å²) in [7, 11) is 0. The highest BCUT2D eigenvalue weighted by Crippen LogP contribution is 2.11. The Bertz CT molecular complexity index is 846. The van der Waals surface area contributed by atoms with Crippen LogP contribution in [0.25, 0.3) is 0 Å². The van der Waals surface area contributed by atoms with E-state index in [1.54, 1.807) is 24.8 Å². The first-order valence-corrected chi connectivity index (χ1v) is 12.7. The van der Waals surface area contributed by atoms with E-state index in [0.717, 1.165) is 11.4 Å². The molecule has 36 heavy (non-hydrogen) atoms. The van der Waals surface area contributed by atoms with Gasteiger partial charge in [-0.15, -0.1) is 0 Å². The average Bonchev–Trinajstić information content (AvgIpc) is 2.92. The van der Waals surface area contributed by atoms with Crippen molar-refractivity contribution in [3.05, 3.63) is 115 Å². The molecule has 4 aromatic rings. The topological polar surface area (TPSA) is 64.5 Å². The van der Waals surface area contributed by atoms with Gasteiger partial charge in [0.1, 0.15) is 0 Å². The Balaban J connectivity index is 0.000000240. The van der Waals surface area contributed by atoms with Gasteiger partial charge in [0, 0.05) is 55.3 Å². The molecule has 0 unspecified atom stereocenters. The summed E-state index contributed by atoms with van der Waals surface area (Å²) in [6.45, 7) is 17.2. The second-order valence-corrected chi connectivity index (χ2v) is 9.57. The van der Waals surface area contributed by atoms with Crippen molar-refractivity contribution in [3.8, 4) is 0 Å². The minimum Gasteiger partial charge on any atom is -0.265 e. The molecule has 4 heterocycles. The lowest BCUT2D eigenvalue weighted by Crippen LogP contribution is -1.91. The van der Waals surface area contributed by atoms with Crippen LogP contribution in [0.1, 0.15) is 102 Å². The Morgan fingerprint density at radius 2 is 1.03 bits per heavy atom. The lowest BCUT2D eigenvalue weighted by molar-refractivity contribution is 0.812. The van der Waals surface area contributed by atoms with E-state index in [4.69, 9.17) is 0 Å². The molecule has 5 heteroatoms. The van der Waals surface area contributed by atoms with Crippen LogP contribution in [0.2, 0.25) is 0 Å². The second-order valence-electron chi connectivity index (χ2n) is 9.57. The molecule has 0 amide bonds. The molecule has 0 fully saturated rings. The number of pyridine rings is 3. The van der Waals surface area contributed by atoms with Gasteiger partial charge in [-0.3, -0.25) is 24.9 Å². The van der Waals surface area contributed by atoms with Crippen molar-refractivity contribution in [2.75, 3.05) is 0 Å². The van der Waals surface area contributed by atoms with E-state index in [-0.39, 0.29) is 0 Å². The third-order valence-corrected chi connectivity index (χ3v) is 5.18. The van der Waals surface area contributed by atoms with Gasteiger partial charge in [-0.1, -0.05) is 67.5 Å². The van der Waals surface area contributed by atoms with Crippen LogP contribution in [0.5, 0.6) is 0 Å². The predicted octanol–water partition coefficient (Wildman–Crippen LogP) is 8.22. The molecule has 0 aliphatic carbocycles. The fourth-order valence-corrected chi connectivity index (χ4v) is 2.79. The lowest BCUT2D eigenvalue weighted by Gasteiger charge is -2.01. The molecule has 4 rings (SSSR count). The van der Waals surface area contributed by atoms with Crippen LogP contribution in [0.3, 0.4) is 0 Å². The Kier molecular flexibility index (Phi) is 15.2. The molecule has 5 nitrogen and oxygen atoms in total. The maximum absolute atomic E-state index is 4.18. The molecule has 0 saturated carbocycles. The van der Waals surface area contributed by atoms with Gasteiger partial charge in [0.05, 0.1) is 5.69 Å². The Morgan fingerprint density at radius 3 is 1.36 bits per heavy atom. The van der Waals surface area contributed by atoms with Gasteiger partial charge in [0.25, 0.3) is 0 Å². The smallest absolute Gasteiger partial charge is 0.0612 e. The highest BCUT2D eigenvalue weighted by molar-refractivity contribution is 5.13. The number of hydrogen-bond donors (Lipinski definition) is 0. The molecule has 0 atom stereocenters. The molecule has 0 spiro atoms. The molecule has 4 aromatic heterocycles. The quantitative estimate of drug-likeness (QED) is 0.291. The first-order valence-electron chi connectivity index (χ1n) is 12.7. The summed E-state index contributed by atoms with van der Waals surface area (Å²) in [5.41, 5.74) is 4.87. The zero-order valence-electron chi connectivity index (χ0n) is 23.2. The molecular weight excluding hydrogens is 442 g/mol. The van der Waals surface area contributed by atoms with Gasteiger partial charge in [0.15, 0.2) is 0 Å². The van der Waals surface area contributed by atoms with E-state index >= 15 is 0 Å². The van der Waals surface area contributed by atoms with Gasteiger partial charge < -0.3 is 0 Å². The largest absolute Gasteiger partial charge is 0.265 e. The first-order chi connectivity index (χ1) is 17.2. The van der Waals surface area contributed by atoms with E-state index in [2.05, 4.69) is 86.4 Å². The molecule has 0 N–H and O–H groups in total. The summed E-state index contributed by atoms with van der Waals surface area (Å²) in [4.78, 5) is 20.2. The van der Waals surface area contributed by atoms with Crippen LogP contribution in [0.4, 0.5) is 0 Å². The summed E-state index contributed by atoms with van der Waals surface area (Å²) >= 11 is 0. The number of rotatable bonds is 4. The highest BCUT2D eigenvalue weighted by atomic mass is 14.8. The van der Waals surface area contributed by atoms with Crippen LogP contribution in [-0.4, -0.2) is 24.9 Å². The summed E-state index contributed by atoms with van der Waals surface area (Å²) in [5, 5.41) is 0. The van der Waals surface area contributed by atoms with Crippen molar-refractivity contribution in [2.24, 2.45) is 0 Å². The van der Waals surface area contributed by atoms with Crippen molar-refractivity contribution < 1.29 is 0 Å². The SMILES string of the molecule is CC(C)c1ccccn1.CC(C)c1cccnc1.CC(C)c1ccncc1.CC(C)c1cnccn1. The minimum absolute atomic E-state index is 0.485. The molecule has 0 saturated heterocycles.